The van der Waals surface area contributed by atoms with E-state index in [2.05, 4.69) is 15.3 Å². The number of imidazole rings is 1. The third-order valence-corrected chi connectivity index (χ3v) is 4.26. The van der Waals surface area contributed by atoms with Crippen molar-refractivity contribution in [2.45, 2.75) is 31.5 Å². The van der Waals surface area contributed by atoms with Gasteiger partial charge in [0.1, 0.15) is 17.7 Å². The largest absolute Gasteiger partial charge is 0.388 e. The summed E-state index contributed by atoms with van der Waals surface area (Å²) in [6.45, 7) is 1.73. The highest BCUT2D eigenvalue weighted by Crippen LogP contribution is 2.32. The Bertz CT molecular complexity index is 851. The minimum atomic E-state index is -1.02. The van der Waals surface area contributed by atoms with Crippen molar-refractivity contribution in [3.05, 3.63) is 48.9 Å². The maximum Gasteiger partial charge on any atom is 0.165 e. The number of aliphatic hydroxyl groups excluding tert-OH is 2. The molecule has 0 bridgehead atoms. The summed E-state index contributed by atoms with van der Waals surface area (Å²) in [6.07, 6.45) is 0.134. The number of aliphatic hydroxyl groups is 2. The van der Waals surface area contributed by atoms with Gasteiger partial charge in [-0.25, -0.2) is 9.97 Å². The summed E-state index contributed by atoms with van der Waals surface area (Å²) in [5, 5.41) is 23.4. The third-order valence-electron chi connectivity index (χ3n) is 4.26. The number of benzene rings is 1. The Labute approximate surface area is 138 Å². The van der Waals surface area contributed by atoms with Crippen LogP contribution in [-0.2, 0) is 4.74 Å². The molecule has 124 valence electrons. The average molecular weight is 326 g/mol. The molecule has 1 fully saturated rings. The van der Waals surface area contributed by atoms with Crippen molar-refractivity contribution in [3.8, 4) is 0 Å². The van der Waals surface area contributed by atoms with Gasteiger partial charge in [-0.1, -0.05) is 18.2 Å². The zero-order chi connectivity index (χ0) is 16.7. The molecule has 1 aromatic carbocycles. The molecule has 0 spiro atoms. The van der Waals surface area contributed by atoms with Crippen molar-refractivity contribution in [3.63, 3.8) is 0 Å². The number of ether oxygens (including phenoxy) is 1. The van der Waals surface area contributed by atoms with Crippen LogP contribution in [0.5, 0.6) is 0 Å². The van der Waals surface area contributed by atoms with Crippen molar-refractivity contribution in [2.24, 2.45) is 0 Å². The number of nitrogens with one attached hydrogen (secondary N) is 1. The third kappa shape index (κ3) is 2.43. The quantitative estimate of drug-likeness (QED) is 0.680. The number of pyridine rings is 1. The highest BCUT2D eigenvalue weighted by molar-refractivity contribution is 5.87. The summed E-state index contributed by atoms with van der Waals surface area (Å²) in [5.41, 5.74) is 3.01. The Hall–Kier alpha value is -2.48. The van der Waals surface area contributed by atoms with Gasteiger partial charge < -0.3 is 20.3 Å². The fourth-order valence-electron chi connectivity index (χ4n) is 2.96. The number of hydrogen-bond donors (Lipinski definition) is 3. The number of rotatable bonds is 3. The van der Waals surface area contributed by atoms with Crippen LogP contribution in [0.2, 0.25) is 0 Å². The van der Waals surface area contributed by atoms with E-state index in [1.807, 2.05) is 36.4 Å². The standard InChI is InChI=1S/C17H18N4O3/c1-10-14(22)15(23)17(24-10)21-9-19-13-12(7-8-18-16(13)21)20-11-5-3-2-4-6-11/h2-10,14-15,17,22-23H,1H3,(H,18,20)/t10-,14-,15-,17-/m1/s1. The molecule has 0 saturated carbocycles. The Kier molecular flexibility index (Phi) is 3.68. The molecule has 1 saturated heterocycles. The van der Waals surface area contributed by atoms with E-state index in [1.165, 1.54) is 0 Å². The molecule has 2 aromatic heterocycles. The normalized spacial score (nSPS) is 26.8. The summed E-state index contributed by atoms with van der Waals surface area (Å²) < 4.78 is 7.31. The van der Waals surface area contributed by atoms with Crippen LogP contribution >= 0.6 is 0 Å². The number of anilines is 2. The lowest BCUT2D eigenvalue weighted by molar-refractivity contribution is -0.0299. The molecule has 3 aromatic rings. The van der Waals surface area contributed by atoms with E-state index in [0.717, 1.165) is 11.4 Å². The SMILES string of the molecule is C[C@H]1O[C@@H](n2cnc3c(Nc4ccccc4)ccnc32)[C@H](O)[C@@H]1O. The zero-order valence-corrected chi connectivity index (χ0v) is 13.1. The van der Waals surface area contributed by atoms with Crippen molar-refractivity contribution in [1.82, 2.24) is 14.5 Å². The molecule has 4 rings (SSSR count). The lowest BCUT2D eigenvalue weighted by Crippen LogP contribution is -2.30. The van der Waals surface area contributed by atoms with Gasteiger partial charge in [-0.15, -0.1) is 0 Å². The maximum atomic E-state index is 10.2. The molecule has 3 heterocycles. The number of aromatic nitrogens is 3. The summed E-state index contributed by atoms with van der Waals surface area (Å²) in [4.78, 5) is 8.77. The van der Waals surface area contributed by atoms with Crippen LogP contribution in [0.15, 0.2) is 48.9 Å². The molecular weight excluding hydrogens is 308 g/mol. The highest BCUT2D eigenvalue weighted by atomic mass is 16.6. The fraction of sp³-hybridized carbons (Fsp3) is 0.294. The molecule has 0 unspecified atom stereocenters. The molecule has 7 heteroatoms. The van der Waals surface area contributed by atoms with Gasteiger partial charge in [-0.05, 0) is 25.1 Å². The van der Waals surface area contributed by atoms with Crippen molar-refractivity contribution >= 4 is 22.5 Å². The number of fused-ring (bicyclic) bond motifs is 1. The number of hydrogen-bond acceptors (Lipinski definition) is 6. The second kappa shape index (κ2) is 5.86. The van der Waals surface area contributed by atoms with E-state index >= 15 is 0 Å². The van der Waals surface area contributed by atoms with E-state index < -0.39 is 24.5 Å². The van der Waals surface area contributed by atoms with Crippen molar-refractivity contribution in [1.29, 1.82) is 0 Å². The van der Waals surface area contributed by atoms with E-state index in [0.29, 0.717) is 11.2 Å². The second-order valence-electron chi connectivity index (χ2n) is 5.89. The van der Waals surface area contributed by atoms with Gasteiger partial charge in [0.15, 0.2) is 11.9 Å². The average Bonchev–Trinajstić information content (AvgIpc) is 3.13. The Morgan fingerprint density at radius 3 is 2.58 bits per heavy atom. The zero-order valence-electron chi connectivity index (χ0n) is 13.1. The van der Waals surface area contributed by atoms with Gasteiger partial charge in [0.05, 0.1) is 18.1 Å². The van der Waals surface area contributed by atoms with Crippen LogP contribution in [0.4, 0.5) is 11.4 Å². The first-order valence-electron chi connectivity index (χ1n) is 7.80. The Morgan fingerprint density at radius 1 is 1.08 bits per heavy atom. The van der Waals surface area contributed by atoms with Crippen LogP contribution in [-0.4, -0.2) is 43.1 Å². The van der Waals surface area contributed by atoms with Gasteiger partial charge >= 0.3 is 0 Å². The lowest BCUT2D eigenvalue weighted by atomic mass is 10.1. The van der Waals surface area contributed by atoms with Gasteiger partial charge in [-0.2, -0.15) is 0 Å². The van der Waals surface area contributed by atoms with Crippen molar-refractivity contribution in [2.75, 3.05) is 5.32 Å². The molecule has 0 aliphatic carbocycles. The lowest BCUT2D eigenvalue weighted by Gasteiger charge is -2.16. The van der Waals surface area contributed by atoms with E-state index in [1.54, 1.807) is 24.0 Å². The maximum absolute atomic E-state index is 10.2. The Balaban J connectivity index is 1.72. The number of para-hydroxylation sites is 1. The summed E-state index contributed by atoms with van der Waals surface area (Å²) in [6, 6.07) is 11.6. The first kappa shape index (κ1) is 15.1. The fourth-order valence-corrected chi connectivity index (χ4v) is 2.96. The first-order valence-corrected chi connectivity index (χ1v) is 7.80. The predicted octanol–water partition coefficient (Wildman–Crippen LogP) is 1.81. The van der Waals surface area contributed by atoms with Crippen LogP contribution in [0.25, 0.3) is 11.2 Å². The predicted molar refractivity (Wildman–Crippen MR) is 88.9 cm³/mol. The van der Waals surface area contributed by atoms with Crippen molar-refractivity contribution < 1.29 is 14.9 Å². The molecule has 3 N–H and O–H groups in total. The van der Waals surface area contributed by atoms with Gasteiger partial charge in [0.2, 0.25) is 0 Å². The smallest absolute Gasteiger partial charge is 0.165 e. The minimum absolute atomic E-state index is 0.451. The molecule has 0 amide bonds. The molecule has 1 aliphatic rings. The summed E-state index contributed by atoms with van der Waals surface area (Å²) in [7, 11) is 0. The topological polar surface area (TPSA) is 92.4 Å². The molecule has 1 aliphatic heterocycles. The van der Waals surface area contributed by atoms with E-state index in [-0.39, 0.29) is 0 Å². The van der Waals surface area contributed by atoms with Crippen LogP contribution in [0, 0.1) is 0 Å². The molecule has 7 nitrogen and oxygen atoms in total. The first-order chi connectivity index (χ1) is 11.6. The highest BCUT2D eigenvalue weighted by Gasteiger charge is 2.42. The van der Waals surface area contributed by atoms with Gasteiger partial charge in [-0.3, -0.25) is 4.57 Å². The van der Waals surface area contributed by atoms with Crippen LogP contribution in [0.1, 0.15) is 13.2 Å². The van der Waals surface area contributed by atoms with E-state index in [4.69, 9.17) is 4.74 Å². The van der Waals surface area contributed by atoms with E-state index in [9.17, 15) is 10.2 Å². The summed E-state index contributed by atoms with van der Waals surface area (Å²) in [5.74, 6) is 0. The molecule has 24 heavy (non-hydrogen) atoms. The number of nitrogens with zero attached hydrogens (tertiary/aromatic N) is 3. The van der Waals surface area contributed by atoms with Crippen LogP contribution in [0.3, 0.4) is 0 Å². The minimum Gasteiger partial charge on any atom is -0.388 e. The Morgan fingerprint density at radius 2 is 1.88 bits per heavy atom. The molecular formula is C17H18N4O3. The van der Waals surface area contributed by atoms with Gasteiger partial charge in [0, 0.05) is 11.9 Å². The molecule has 0 radical (unpaired) electrons. The summed E-state index contributed by atoms with van der Waals surface area (Å²) >= 11 is 0. The molecule has 4 atom stereocenters. The van der Waals surface area contributed by atoms with Gasteiger partial charge in [0.25, 0.3) is 0 Å². The second-order valence-corrected chi connectivity index (χ2v) is 5.89. The monoisotopic (exact) mass is 326 g/mol. The van der Waals surface area contributed by atoms with Crippen LogP contribution < -0.4 is 5.32 Å².